The zero-order valence-electron chi connectivity index (χ0n) is 15.8. The van der Waals surface area contributed by atoms with Crippen LogP contribution in [0.15, 0.2) is 36.4 Å². The summed E-state index contributed by atoms with van der Waals surface area (Å²) >= 11 is 6.32. The number of hydrogen-bond donors (Lipinski definition) is 1. The molecule has 7 heteroatoms. The van der Waals surface area contributed by atoms with Crippen molar-refractivity contribution in [3.8, 4) is 17.2 Å². The number of nitrogens with one attached hydrogen (secondary N) is 1. The molecule has 4 rings (SSSR count). The number of amides is 1. The van der Waals surface area contributed by atoms with Crippen LogP contribution in [0.25, 0.3) is 10.9 Å². The van der Waals surface area contributed by atoms with E-state index >= 15 is 0 Å². The van der Waals surface area contributed by atoms with Gasteiger partial charge in [-0.2, -0.15) is 0 Å². The highest BCUT2D eigenvalue weighted by atomic mass is 35.5. The molecule has 0 spiro atoms. The summed E-state index contributed by atoms with van der Waals surface area (Å²) < 4.78 is 18.3. The first kappa shape index (κ1) is 18.5. The zero-order valence-corrected chi connectivity index (χ0v) is 16.5. The second kappa shape index (κ2) is 7.64. The summed E-state index contributed by atoms with van der Waals surface area (Å²) in [4.78, 5) is 12.8. The van der Waals surface area contributed by atoms with Gasteiger partial charge in [-0.1, -0.05) is 17.7 Å². The highest BCUT2D eigenvalue weighted by molar-refractivity contribution is 6.36. The molecule has 146 valence electrons. The number of ether oxygens (including phenoxy) is 3. The number of carbonyl (C=O) groups is 1. The Labute approximate surface area is 167 Å². The van der Waals surface area contributed by atoms with Gasteiger partial charge in [0.1, 0.15) is 29.5 Å². The predicted octanol–water partition coefficient (Wildman–Crippen LogP) is 3.68. The SMILES string of the molecule is COc1ccc(CCNC(=O)c2cc3c(Cl)ccc4c3n2CCO4)c(OC)c1. The smallest absolute Gasteiger partial charge is 0.267 e. The van der Waals surface area contributed by atoms with Crippen LogP contribution in [0.1, 0.15) is 16.1 Å². The summed E-state index contributed by atoms with van der Waals surface area (Å²) in [5.41, 5.74) is 2.47. The molecule has 0 saturated carbocycles. The Morgan fingerprint density at radius 3 is 2.86 bits per heavy atom. The summed E-state index contributed by atoms with van der Waals surface area (Å²) in [5.74, 6) is 2.10. The molecule has 3 aromatic rings. The fourth-order valence-electron chi connectivity index (χ4n) is 3.56. The summed E-state index contributed by atoms with van der Waals surface area (Å²) in [7, 11) is 3.24. The normalized spacial score (nSPS) is 12.5. The number of rotatable bonds is 6. The number of aromatic nitrogens is 1. The minimum Gasteiger partial charge on any atom is -0.497 e. The lowest BCUT2D eigenvalue weighted by atomic mass is 10.1. The van der Waals surface area contributed by atoms with E-state index in [4.69, 9.17) is 25.8 Å². The minimum absolute atomic E-state index is 0.132. The molecule has 0 unspecified atom stereocenters. The van der Waals surface area contributed by atoms with Crippen molar-refractivity contribution in [2.24, 2.45) is 0 Å². The summed E-state index contributed by atoms with van der Waals surface area (Å²) in [5, 5.41) is 4.44. The highest BCUT2D eigenvalue weighted by Crippen LogP contribution is 2.36. The summed E-state index contributed by atoms with van der Waals surface area (Å²) in [6.45, 7) is 1.63. The number of halogens is 1. The zero-order chi connectivity index (χ0) is 19.7. The molecule has 0 saturated heterocycles. The molecule has 1 amide bonds. The number of hydrogen-bond acceptors (Lipinski definition) is 4. The third-order valence-electron chi connectivity index (χ3n) is 4.95. The lowest BCUT2D eigenvalue weighted by Crippen LogP contribution is -2.29. The van der Waals surface area contributed by atoms with Gasteiger partial charge in [0.25, 0.3) is 5.91 Å². The molecule has 1 aromatic heterocycles. The average Bonchev–Trinajstić information content (AvgIpc) is 3.12. The number of nitrogens with zero attached hydrogens (tertiary/aromatic N) is 1. The summed E-state index contributed by atoms with van der Waals surface area (Å²) in [6, 6.07) is 11.1. The van der Waals surface area contributed by atoms with Crippen LogP contribution in [0.5, 0.6) is 17.2 Å². The Morgan fingerprint density at radius 2 is 2.07 bits per heavy atom. The maximum Gasteiger partial charge on any atom is 0.267 e. The Kier molecular flexibility index (Phi) is 5.05. The van der Waals surface area contributed by atoms with Gasteiger partial charge >= 0.3 is 0 Å². The Morgan fingerprint density at radius 1 is 1.21 bits per heavy atom. The third kappa shape index (κ3) is 3.24. The molecule has 0 atom stereocenters. The topological polar surface area (TPSA) is 61.7 Å². The van der Waals surface area contributed by atoms with Gasteiger partial charge in [0.15, 0.2) is 0 Å². The Hall–Kier alpha value is -2.86. The maximum atomic E-state index is 12.8. The molecule has 1 N–H and O–H groups in total. The largest absolute Gasteiger partial charge is 0.497 e. The van der Waals surface area contributed by atoms with Crippen molar-refractivity contribution in [2.45, 2.75) is 13.0 Å². The predicted molar refractivity (Wildman–Crippen MR) is 108 cm³/mol. The second-order valence-corrected chi connectivity index (χ2v) is 6.93. The van der Waals surface area contributed by atoms with E-state index in [2.05, 4.69) is 5.32 Å². The van der Waals surface area contributed by atoms with Crippen molar-refractivity contribution in [2.75, 3.05) is 27.4 Å². The van der Waals surface area contributed by atoms with Gasteiger partial charge in [-0.05, 0) is 36.2 Å². The lowest BCUT2D eigenvalue weighted by Gasteiger charge is -2.19. The monoisotopic (exact) mass is 400 g/mol. The fourth-order valence-corrected chi connectivity index (χ4v) is 3.76. The Balaban J connectivity index is 1.51. The molecular weight excluding hydrogens is 380 g/mol. The van der Waals surface area contributed by atoms with Crippen molar-refractivity contribution >= 4 is 28.4 Å². The van der Waals surface area contributed by atoms with E-state index in [9.17, 15) is 4.79 Å². The van der Waals surface area contributed by atoms with Gasteiger partial charge in [0.2, 0.25) is 0 Å². The third-order valence-corrected chi connectivity index (χ3v) is 5.28. The van der Waals surface area contributed by atoms with Crippen LogP contribution in [0.3, 0.4) is 0 Å². The minimum atomic E-state index is -0.132. The van der Waals surface area contributed by atoms with Gasteiger partial charge in [0, 0.05) is 18.0 Å². The Bertz CT molecular complexity index is 1040. The van der Waals surface area contributed by atoms with Crippen molar-refractivity contribution in [1.82, 2.24) is 9.88 Å². The molecule has 28 heavy (non-hydrogen) atoms. The summed E-state index contributed by atoms with van der Waals surface area (Å²) in [6.07, 6.45) is 0.647. The first-order valence-electron chi connectivity index (χ1n) is 9.06. The van der Waals surface area contributed by atoms with Gasteiger partial charge in [-0.25, -0.2) is 0 Å². The van der Waals surface area contributed by atoms with E-state index < -0.39 is 0 Å². The van der Waals surface area contributed by atoms with E-state index in [1.54, 1.807) is 20.3 Å². The van der Waals surface area contributed by atoms with Gasteiger partial charge in [-0.15, -0.1) is 0 Å². The van der Waals surface area contributed by atoms with E-state index in [0.717, 1.165) is 33.7 Å². The van der Waals surface area contributed by atoms with Crippen LogP contribution >= 0.6 is 11.6 Å². The van der Waals surface area contributed by atoms with Crippen molar-refractivity contribution in [1.29, 1.82) is 0 Å². The molecule has 2 heterocycles. The second-order valence-electron chi connectivity index (χ2n) is 6.52. The molecule has 1 aliphatic heterocycles. The van der Waals surface area contributed by atoms with Gasteiger partial charge in [0.05, 0.1) is 31.3 Å². The lowest BCUT2D eigenvalue weighted by molar-refractivity contribution is 0.0943. The van der Waals surface area contributed by atoms with Crippen LogP contribution in [-0.4, -0.2) is 37.8 Å². The quantitative estimate of drug-likeness (QED) is 0.685. The maximum absolute atomic E-state index is 12.8. The number of methoxy groups -OCH3 is 2. The van der Waals surface area contributed by atoms with Crippen molar-refractivity contribution in [3.63, 3.8) is 0 Å². The average molecular weight is 401 g/mol. The molecule has 0 bridgehead atoms. The first-order chi connectivity index (χ1) is 13.6. The van der Waals surface area contributed by atoms with E-state index in [0.29, 0.717) is 36.8 Å². The molecule has 1 aliphatic rings. The first-order valence-corrected chi connectivity index (χ1v) is 9.44. The van der Waals surface area contributed by atoms with Crippen LogP contribution in [0.4, 0.5) is 0 Å². The van der Waals surface area contributed by atoms with Gasteiger partial charge < -0.3 is 24.1 Å². The number of benzene rings is 2. The molecule has 0 fully saturated rings. The van der Waals surface area contributed by atoms with E-state index in [-0.39, 0.29) is 5.91 Å². The van der Waals surface area contributed by atoms with Crippen molar-refractivity contribution in [3.05, 3.63) is 52.7 Å². The molecular formula is C21H21ClN2O4. The molecule has 6 nitrogen and oxygen atoms in total. The van der Waals surface area contributed by atoms with Crippen molar-refractivity contribution < 1.29 is 19.0 Å². The van der Waals surface area contributed by atoms with Crippen LogP contribution in [0.2, 0.25) is 5.02 Å². The fraction of sp³-hybridized carbons (Fsp3) is 0.286. The molecule has 2 aromatic carbocycles. The highest BCUT2D eigenvalue weighted by Gasteiger charge is 2.22. The van der Waals surface area contributed by atoms with Crippen LogP contribution in [0, 0.1) is 0 Å². The van der Waals surface area contributed by atoms with Crippen LogP contribution in [-0.2, 0) is 13.0 Å². The number of carbonyl (C=O) groups excluding carboxylic acids is 1. The van der Waals surface area contributed by atoms with Gasteiger partial charge in [-0.3, -0.25) is 4.79 Å². The standard InChI is InChI=1S/C21H21ClN2O4/c1-26-14-4-3-13(19(11-14)27-2)7-8-23-21(25)17-12-15-16(22)5-6-18-20(15)24(17)9-10-28-18/h3-6,11-12H,7-10H2,1-2H3,(H,23,25). The molecule has 0 aliphatic carbocycles. The van der Waals surface area contributed by atoms with E-state index in [1.807, 2.05) is 34.9 Å². The van der Waals surface area contributed by atoms with Crippen LogP contribution < -0.4 is 19.5 Å². The van der Waals surface area contributed by atoms with E-state index in [1.165, 1.54) is 0 Å². The molecule has 0 radical (unpaired) electrons.